The van der Waals surface area contributed by atoms with Crippen LogP contribution in [0, 0.1) is 5.82 Å². The number of rotatable bonds is 5. The molecular formula is C24H26F3N5O3. The lowest BCUT2D eigenvalue weighted by Crippen LogP contribution is -2.49. The molecule has 0 saturated carbocycles. The van der Waals surface area contributed by atoms with Gasteiger partial charge in [-0.3, -0.25) is 14.2 Å². The number of benzene rings is 1. The number of nitrogens with zero attached hydrogens (tertiary/aromatic N) is 4. The molecule has 0 radical (unpaired) electrons. The Labute approximate surface area is 199 Å². The Bertz CT molecular complexity index is 1320. The van der Waals surface area contributed by atoms with Gasteiger partial charge in [0.2, 0.25) is 0 Å². The Morgan fingerprint density at radius 1 is 1.17 bits per heavy atom. The number of alkyl halides is 2. The van der Waals surface area contributed by atoms with Gasteiger partial charge < -0.3 is 15.0 Å². The van der Waals surface area contributed by atoms with Gasteiger partial charge in [-0.05, 0) is 26.8 Å². The Kier molecular flexibility index (Phi) is 6.79. The van der Waals surface area contributed by atoms with E-state index in [1.807, 2.05) is 13.8 Å². The number of morpholine rings is 1. The third kappa shape index (κ3) is 4.72. The standard InChI is InChI=1S/C24H26F3N5O3/c1-12-9-32(10-13(2)35-12)24(34)18-8-17-21(28-11-29-22(17)31(4)23(18)33)30-14(3)15-6-5-7-16(19(15)25)20(26)27/h5-8,11-14,20H,9-10H2,1-4H3,(H,28,29,30)/t12-,13-,14-/m1/s1. The maximum atomic E-state index is 14.7. The number of ether oxygens (including phenoxy) is 1. The third-order valence-corrected chi connectivity index (χ3v) is 6.05. The van der Waals surface area contributed by atoms with Crippen LogP contribution in [0.25, 0.3) is 11.0 Å². The maximum Gasteiger partial charge on any atom is 0.266 e. The van der Waals surface area contributed by atoms with Gasteiger partial charge in [-0.2, -0.15) is 0 Å². The molecule has 1 saturated heterocycles. The van der Waals surface area contributed by atoms with Gasteiger partial charge >= 0.3 is 0 Å². The largest absolute Gasteiger partial charge is 0.372 e. The Balaban J connectivity index is 1.74. The molecule has 11 heteroatoms. The molecule has 3 aromatic rings. The fraction of sp³-hybridized carbons (Fsp3) is 0.417. The van der Waals surface area contributed by atoms with Crippen LogP contribution in [0.3, 0.4) is 0 Å². The molecule has 35 heavy (non-hydrogen) atoms. The Hall–Kier alpha value is -3.47. The maximum absolute atomic E-state index is 14.7. The number of carbonyl (C=O) groups excluding carboxylic acids is 1. The molecule has 0 aliphatic carbocycles. The molecule has 1 aliphatic heterocycles. The molecule has 1 aliphatic rings. The van der Waals surface area contributed by atoms with Crippen LogP contribution in [0.5, 0.6) is 0 Å². The second kappa shape index (κ2) is 9.65. The summed E-state index contributed by atoms with van der Waals surface area (Å²) in [5.41, 5.74) is -0.956. The molecule has 8 nitrogen and oxygen atoms in total. The highest BCUT2D eigenvalue weighted by Gasteiger charge is 2.29. The zero-order chi connectivity index (χ0) is 25.4. The third-order valence-electron chi connectivity index (χ3n) is 6.05. The molecule has 0 bridgehead atoms. The number of amides is 1. The van der Waals surface area contributed by atoms with E-state index in [0.29, 0.717) is 18.5 Å². The summed E-state index contributed by atoms with van der Waals surface area (Å²) in [6.45, 7) is 6.00. The van der Waals surface area contributed by atoms with Crippen molar-refractivity contribution in [1.29, 1.82) is 0 Å². The molecule has 0 spiro atoms. The van der Waals surface area contributed by atoms with Crippen LogP contribution in [-0.2, 0) is 11.8 Å². The number of nitrogens with one attached hydrogen (secondary N) is 1. The lowest BCUT2D eigenvalue weighted by molar-refractivity contribution is -0.0586. The molecule has 3 atom stereocenters. The van der Waals surface area contributed by atoms with Crippen LogP contribution < -0.4 is 10.9 Å². The smallest absolute Gasteiger partial charge is 0.266 e. The van der Waals surface area contributed by atoms with Gasteiger partial charge in [0, 0.05) is 25.7 Å². The SMILES string of the molecule is C[C@@H]1CN(C(=O)c2cc3c(N[C@H](C)c4cccc(C(F)F)c4F)ncnc3n(C)c2=O)C[C@@H](C)O1. The van der Waals surface area contributed by atoms with E-state index in [4.69, 9.17) is 4.74 Å². The number of hydrogen-bond acceptors (Lipinski definition) is 6. The van der Waals surface area contributed by atoms with Crippen molar-refractivity contribution in [3.05, 3.63) is 63.5 Å². The molecule has 2 aromatic heterocycles. The quantitative estimate of drug-likeness (QED) is 0.586. The molecule has 0 unspecified atom stereocenters. The first kappa shape index (κ1) is 24.6. The number of pyridine rings is 1. The second-order valence-corrected chi connectivity index (χ2v) is 8.77. The number of aromatic nitrogens is 3. The Morgan fingerprint density at radius 2 is 1.83 bits per heavy atom. The van der Waals surface area contributed by atoms with E-state index >= 15 is 0 Å². The van der Waals surface area contributed by atoms with Crippen LogP contribution in [0.4, 0.5) is 19.0 Å². The second-order valence-electron chi connectivity index (χ2n) is 8.77. The zero-order valence-corrected chi connectivity index (χ0v) is 19.8. The van der Waals surface area contributed by atoms with Crippen LogP contribution in [0.2, 0.25) is 0 Å². The van der Waals surface area contributed by atoms with Crippen LogP contribution >= 0.6 is 0 Å². The summed E-state index contributed by atoms with van der Waals surface area (Å²) in [7, 11) is 1.50. The first-order valence-corrected chi connectivity index (χ1v) is 11.2. The molecule has 1 N–H and O–H groups in total. The number of anilines is 1. The van der Waals surface area contributed by atoms with Crippen molar-refractivity contribution in [3.63, 3.8) is 0 Å². The van der Waals surface area contributed by atoms with E-state index in [1.165, 1.54) is 36.1 Å². The summed E-state index contributed by atoms with van der Waals surface area (Å²) < 4.78 is 47.9. The summed E-state index contributed by atoms with van der Waals surface area (Å²) in [6.07, 6.45) is -2.06. The molecule has 186 valence electrons. The highest BCUT2D eigenvalue weighted by atomic mass is 19.3. The first-order chi connectivity index (χ1) is 16.6. The predicted molar refractivity (Wildman–Crippen MR) is 124 cm³/mol. The lowest BCUT2D eigenvalue weighted by atomic mass is 10.0. The topological polar surface area (TPSA) is 89.4 Å². The van der Waals surface area contributed by atoms with Gasteiger partial charge in [-0.15, -0.1) is 0 Å². The highest BCUT2D eigenvalue weighted by molar-refractivity contribution is 5.99. The van der Waals surface area contributed by atoms with Gasteiger partial charge in [0.25, 0.3) is 17.9 Å². The van der Waals surface area contributed by atoms with E-state index in [9.17, 15) is 22.8 Å². The minimum atomic E-state index is -2.95. The summed E-state index contributed by atoms with van der Waals surface area (Å²) in [4.78, 5) is 36.3. The van der Waals surface area contributed by atoms with Crippen LogP contribution in [-0.4, -0.2) is 50.6 Å². The lowest BCUT2D eigenvalue weighted by Gasteiger charge is -2.35. The molecule has 1 aromatic carbocycles. The summed E-state index contributed by atoms with van der Waals surface area (Å²) >= 11 is 0. The number of fused-ring (bicyclic) bond motifs is 1. The minimum absolute atomic E-state index is 0.0342. The van der Waals surface area contributed by atoms with Crippen LogP contribution in [0.1, 0.15) is 54.7 Å². The molecule has 1 amide bonds. The van der Waals surface area contributed by atoms with E-state index in [0.717, 1.165) is 6.07 Å². The fourth-order valence-corrected chi connectivity index (χ4v) is 4.41. The average molecular weight is 489 g/mol. The Morgan fingerprint density at radius 3 is 2.49 bits per heavy atom. The summed E-state index contributed by atoms with van der Waals surface area (Å²) in [6, 6.07) is 4.49. The first-order valence-electron chi connectivity index (χ1n) is 11.2. The summed E-state index contributed by atoms with van der Waals surface area (Å²) in [5, 5.41) is 3.38. The molecular weight excluding hydrogens is 463 g/mol. The highest BCUT2D eigenvalue weighted by Crippen LogP contribution is 2.30. The van der Waals surface area contributed by atoms with Crippen LogP contribution in [0.15, 0.2) is 35.4 Å². The van der Waals surface area contributed by atoms with Gasteiger partial charge in [0.05, 0.1) is 29.2 Å². The number of carbonyl (C=O) groups is 1. The van der Waals surface area contributed by atoms with Crippen molar-refractivity contribution in [2.75, 3.05) is 18.4 Å². The van der Waals surface area contributed by atoms with Crippen molar-refractivity contribution in [3.8, 4) is 0 Å². The van der Waals surface area contributed by atoms with Gasteiger partial charge in [0.15, 0.2) is 0 Å². The van der Waals surface area contributed by atoms with E-state index < -0.39 is 35.3 Å². The van der Waals surface area contributed by atoms with Crippen molar-refractivity contribution in [2.45, 2.75) is 45.4 Å². The van der Waals surface area contributed by atoms with Crippen molar-refractivity contribution in [2.24, 2.45) is 7.05 Å². The van der Waals surface area contributed by atoms with E-state index in [-0.39, 0.29) is 34.8 Å². The minimum Gasteiger partial charge on any atom is -0.372 e. The van der Waals surface area contributed by atoms with E-state index in [1.54, 1.807) is 11.8 Å². The molecule has 3 heterocycles. The number of hydrogen-bond donors (Lipinski definition) is 1. The monoisotopic (exact) mass is 489 g/mol. The van der Waals surface area contributed by atoms with Gasteiger partial charge in [-0.1, -0.05) is 18.2 Å². The fourth-order valence-electron chi connectivity index (χ4n) is 4.41. The van der Waals surface area contributed by atoms with Crippen molar-refractivity contribution < 1.29 is 22.7 Å². The summed E-state index contributed by atoms with van der Waals surface area (Å²) in [5.74, 6) is -1.20. The van der Waals surface area contributed by atoms with Gasteiger partial charge in [0.1, 0.15) is 29.2 Å². The van der Waals surface area contributed by atoms with Gasteiger partial charge in [-0.25, -0.2) is 23.1 Å². The molecule has 4 rings (SSSR count). The average Bonchev–Trinajstić information content (AvgIpc) is 2.80. The van der Waals surface area contributed by atoms with E-state index in [2.05, 4.69) is 15.3 Å². The predicted octanol–water partition coefficient (Wildman–Crippen LogP) is 3.83. The number of aryl methyl sites for hydroxylation is 1. The number of halogens is 3. The molecule has 1 fully saturated rings. The van der Waals surface area contributed by atoms with Crippen molar-refractivity contribution in [1.82, 2.24) is 19.4 Å². The van der Waals surface area contributed by atoms with Crippen molar-refractivity contribution >= 4 is 22.8 Å². The zero-order valence-electron chi connectivity index (χ0n) is 19.8. The normalized spacial score (nSPS) is 19.3.